The van der Waals surface area contributed by atoms with Crippen molar-refractivity contribution in [2.75, 3.05) is 5.43 Å². The average Bonchev–Trinajstić information content (AvgIpc) is 2.64. The van der Waals surface area contributed by atoms with E-state index in [4.69, 9.17) is 9.84 Å². The van der Waals surface area contributed by atoms with Gasteiger partial charge >= 0.3 is 5.97 Å². The summed E-state index contributed by atoms with van der Waals surface area (Å²) < 4.78 is 6.00. The zero-order chi connectivity index (χ0) is 17.5. The molecule has 0 amide bonds. The number of para-hydroxylation sites is 1. The highest BCUT2D eigenvalue weighted by molar-refractivity contribution is 5.94. The predicted octanol–water partition coefficient (Wildman–Crippen LogP) is 4.54. The lowest BCUT2D eigenvalue weighted by Crippen LogP contribution is -2.19. The van der Waals surface area contributed by atoms with Crippen LogP contribution in [0.2, 0.25) is 0 Å². The molecule has 0 radical (unpaired) electrons. The molecule has 1 aliphatic rings. The Bertz CT molecular complexity index is 735. The summed E-state index contributed by atoms with van der Waals surface area (Å²) in [7, 11) is 0. The van der Waals surface area contributed by atoms with E-state index in [1.807, 2.05) is 24.3 Å². The maximum absolute atomic E-state index is 11.2. The smallest absolute Gasteiger partial charge is 0.337 e. The van der Waals surface area contributed by atoms with Crippen molar-refractivity contribution in [3.05, 3.63) is 59.7 Å². The van der Waals surface area contributed by atoms with Crippen LogP contribution in [-0.4, -0.2) is 23.4 Å². The monoisotopic (exact) mass is 338 g/mol. The van der Waals surface area contributed by atoms with Gasteiger partial charge in [-0.15, -0.1) is 0 Å². The summed E-state index contributed by atoms with van der Waals surface area (Å²) in [6, 6.07) is 14.4. The SMILES string of the molecule is O=C(O)c1ccccc1NN=Cc1ccc(OC2CCCCC2)cc1. The normalized spacial score (nSPS) is 15.2. The van der Waals surface area contributed by atoms with Crippen LogP contribution in [0.4, 0.5) is 5.69 Å². The first-order valence-corrected chi connectivity index (χ1v) is 8.60. The Kier molecular flexibility index (Phi) is 5.67. The van der Waals surface area contributed by atoms with Crippen molar-refractivity contribution < 1.29 is 14.6 Å². The van der Waals surface area contributed by atoms with Gasteiger partial charge in [-0.2, -0.15) is 5.10 Å². The maximum Gasteiger partial charge on any atom is 0.337 e. The van der Waals surface area contributed by atoms with Crippen LogP contribution in [0.1, 0.15) is 48.0 Å². The molecule has 25 heavy (non-hydrogen) atoms. The lowest BCUT2D eigenvalue weighted by molar-refractivity contribution is 0.0698. The van der Waals surface area contributed by atoms with E-state index >= 15 is 0 Å². The number of carbonyl (C=O) groups is 1. The number of nitrogens with zero attached hydrogens (tertiary/aromatic N) is 1. The molecule has 0 aromatic heterocycles. The number of hydrogen-bond acceptors (Lipinski definition) is 4. The van der Waals surface area contributed by atoms with Crippen LogP contribution in [0.25, 0.3) is 0 Å². The Labute approximate surface area is 147 Å². The number of aromatic carboxylic acids is 1. The highest BCUT2D eigenvalue weighted by Gasteiger charge is 2.14. The fourth-order valence-electron chi connectivity index (χ4n) is 2.95. The molecule has 1 aliphatic carbocycles. The summed E-state index contributed by atoms with van der Waals surface area (Å²) in [4.78, 5) is 11.2. The second kappa shape index (κ2) is 8.33. The average molecular weight is 338 g/mol. The number of carboxylic acid groups (broad SMARTS) is 1. The number of anilines is 1. The highest BCUT2D eigenvalue weighted by atomic mass is 16.5. The Morgan fingerprint density at radius 2 is 1.80 bits per heavy atom. The van der Waals surface area contributed by atoms with Gasteiger partial charge < -0.3 is 9.84 Å². The first-order valence-electron chi connectivity index (χ1n) is 8.60. The van der Waals surface area contributed by atoms with Crippen LogP contribution in [0, 0.1) is 0 Å². The van der Waals surface area contributed by atoms with Crippen LogP contribution in [-0.2, 0) is 0 Å². The molecule has 2 aromatic carbocycles. The molecule has 1 fully saturated rings. The third kappa shape index (κ3) is 4.83. The Morgan fingerprint density at radius 1 is 1.08 bits per heavy atom. The van der Waals surface area contributed by atoms with Crippen molar-refractivity contribution in [2.45, 2.75) is 38.2 Å². The van der Waals surface area contributed by atoms with E-state index in [-0.39, 0.29) is 5.56 Å². The molecule has 0 unspecified atom stereocenters. The van der Waals surface area contributed by atoms with Gasteiger partial charge in [0.2, 0.25) is 0 Å². The Balaban J connectivity index is 1.58. The van der Waals surface area contributed by atoms with Crippen LogP contribution >= 0.6 is 0 Å². The second-order valence-corrected chi connectivity index (χ2v) is 6.17. The molecule has 0 heterocycles. The van der Waals surface area contributed by atoms with Gasteiger partial charge in [-0.25, -0.2) is 4.79 Å². The topological polar surface area (TPSA) is 70.9 Å². The lowest BCUT2D eigenvalue weighted by Gasteiger charge is -2.22. The Hall–Kier alpha value is -2.82. The van der Waals surface area contributed by atoms with Gasteiger partial charge in [0.15, 0.2) is 0 Å². The summed E-state index contributed by atoms with van der Waals surface area (Å²) in [6.45, 7) is 0. The van der Waals surface area contributed by atoms with Gasteiger partial charge in [0, 0.05) is 0 Å². The van der Waals surface area contributed by atoms with Crippen molar-refractivity contribution in [3.8, 4) is 5.75 Å². The summed E-state index contributed by atoms with van der Waals surface area (Å²) in [6.07, 6.45) is 8.07. The molecule has 1 saturated carbocycles. The van der Waals surface area contributed by atoms with E-state index in [9.17, 15) is 4.79 Å². The molecule has 130 valence electrons. The van der Waals surface area contributed by atoms with E-state index in [1.165, 1.54) is 25.3 Å². The van der Waals surface area contributed by atoms with Gasteiger partial charge in [-0.05, 0) is 67.6 Å². The maximum atomic E-state index is 11.2. The van der Waals surface area contributed by atoms with Crippen LogP contribution < -0.4 is 10.2 Å². The molecule has 0 bridgehead atoms. The minimum Gasteiger partial charge on any atom is -0.490 e. The molecule has 0 aliphatic heterocycles. The van der Waals surface area contributed by atoms with Crippen molar-refractivity contribution in [1.82, 2.24) is 0 Å². The van der Waals surface area contributed by atoms with Gasteiger partial charge in [0.1, 0.15) is 5.75 Å². The fourth-order valence-corrected chi connectivity index (χ4v) is 2.95. The fraction of sp³-hybridized carbons (Fsp3) is 0.300. The van der Waals surface area contributed by atoms with Crippen LogP contribution in [0.15, 0.2) is 53.6 Å². The summed E-state index contributed by atoms with van der Waals surface area (Å²) in [5.74, 6) is -0.101. The standard InChI is InChI=1S/C20H22N2O3/c23-20(24)18-8-4-5-9-19(18)22-21-14-15-10-12-17(13-11-15)25-16-6-2-1-3-7-16/h4-5,8-14,16,22H,1-3,6-7H2,(H,23,24). The third-order valence-electron chi connectivity index (χ3n) is 4.29. The molecule has 2 aromatic rings. The number of nitrogens with one attached hydrogen (secondary N) is 1. The largest absolute Gasteiger partial charge is 0.490 e. The van der Waals surface area contributed by atoms with Crippen LogP contribution in [0.5, 0.6) is 5.75 Å². The molecule has 0 atom stereocenters. The highest BCUT2D eigenvalue weighted by Crippen LogP contribution is 2.23. The number of ether oxygens (including phenoxy) is 1. The second-order valence-electron chi connectivity index (χ2n) is 6.17. The number of benzene rings is 2. The summed E-state index contributed by atoms with van der Waals surface area (Å²) in [5, 5.41) is 13.3. The molecular weight excluding hydrogens is 316 g/mol. The van der Waals surface area contributed by atoms with Crippen molar-refractivity contribution >= 4 is 17.9 Å². The minimum atomic E-state index is -0.984. The van der Waals surface area contributed by atoms with E-state index in [0.29, 0.717) is 11.8 Å². The first-order chi connectivity index (χ1) is 12.2. The molecule has 2 N–H and O–H groups in total. The minimum absolute atomic E-state index is 0.191. The van der Waals surface area contributed by atoms with Crippen molar-refractivity contribution in [3.63, 3.8) is 0 Å². The van der Waals surface area contributed by atoms with Gasteiger partial charge in [0.25, 0.3) is 0 Å². The van der Waals surface area contributed by atoms with E-state index < -0.39 is 5.97 Å². The van der Waals surface area contributed by atoms with Crippen LogP contribution in [0.3, 0.4) is 0 Å². The molecule has 5 nitrogen and oxygen atoms in total. The molecular formula is C20H22N2O3. The number of hydrazone groups is 1. The molecule has 3 rings (SSSR count). The van der Waals surface area contributed by atoms with Crippen molar-refractivity contribution in [1.29, 1.82) is 0 Å². The van der Waals surface area contributed by atoms with Gasteiger partial charge in [-0.3, -0.25) is 5.43 Å². The quantitative estimate of drug-likeness (QED) is 0.599. The number of rotatable bonds is 6. The van der Waals surface area contributed by atoms with E-state index in [0.717, 1.165) is 24.2 Å². The van der Waals surface area contributed by atoms with Gasteiger partial charge in [-0.1, -0.05) is 18.6 Å². The Morgan fingerprint density at radius 3 is 2.52 bits per heavy atom. The summed E-state index contributed by atoms with van der Waals surface area (Å²) in [5.41, 5.74) is 4.35. The summed E-state index contributed by atoms with van der Waals surface area (Å²) >= 11 is 0. The predicted molar refractivity (Wildman–Crippen MR) is 98.6 cm³/mol. The third-order valence-corrected chi connectivity index (χ3v) is 4.29. The number of hydrogen-bond donors (Lipinski definition) is 2. The molecule has 5 heteroatoms. The van der Waals surface area contributed by atoms with Gasteiger partial charge in [0.05, 0.1) is 23.6 Å². The molecule has 0 saturated heterocycles. The zero-order valence-corrected chi connectivity index (χ0v) is 14.0. The van der Waals surface area contributed by atoms with E-state index in [1.54, 1.807) is 24.4 Å². The first kappa shape index (κ1) is 17.0. The lowest BCUT2D eigenvalue weighted by atomic mass is 9.98. The van der Waals surface area contributed by atoms with E-state index in [2.05, 4.69) is 10.5 Å². The molecule has 0 spiro atoms. The number of carboxylic acids is 1. The van der Waals surface area contributed by atoms with Crippen molar-refractivity contribution in [2.24, 2.45) is 5.10 Å². The zero-order valence-electron chi connectivity index (χ0n) is 14.0.